The molecule has 3 aromatic rings. The first-order chi connectivity index (χ1) is 15.5. The summed E-state index contributed by atoms with van der Waals surface area (Å²) in [5.74, 6) is -0.270. The van der Waals surface area contributed by atoms with E-state index in [0.29, 0.717) is 17.0 Å². The number of rotatable bonds is 6. The van der Waals surface area contributed by atoms with Crippen molar-refractivity contribution in [2.24, 2.45) is 0 Å². The van der Waals surface area contributed by atoms with Crippen LogP contribution >= 0.6 is 0 Å². The zero-order valence-corrected chi connectivity index (χ0v) is 19.5. The largest absolute Gasteiger partial charge is 0.508 e. The molecule has 0 saturated carbocycles. The minimum absolute atomic E-state index is 0.0184. The Kier molecular flexibility index (Phi) is 7.11. The number of aromatic hydroxyl groups is 1. The Balaban J connectivity index is 2.01. The molecule has 0 unspecified atom stereocenters. The molecular formula is C26H29NO6. The van der Waals surface area contributed by atoms with Gasteiger partial charge in [0.2, 0.25) is 0 Å². The van der Waals surface area contributed by atoms with Crippen LogP contribution in [-0.2, 0) is 16.1 Å². The molecule has 33 heavy (non-hydrogen) atoms. The smallest absolute Gasteiger partial charge is 0.419 e. The number of carbonyl (C=O) groups is 2. The maximum Gasteiger partial charge on any atom is 0.419 e. The van der Waals surface area contributed by atoms with E-state index >= 15 is 0 Å². The van der Waals surface area contributed by atoms with Crippen molar-refractivity contribution < 1.29 is 28.9 Å². The third kappa shape index (κ3) is 6.38. The predicted molar refractivity (Wildman–Crippen MR) is 124 cm³/mol. The van der Waals surface area contributed by atoms with Crippen LogP contribution in [0.3, 0.4) is 0 Å². The van der Waals surface area contributed by atoms with Crippen LogP contribution in [0.25, 0.3) is 11.3 Å². The molecule has 0 amide bonds. The van der Waals surface area contributed by atoms with Gasteiger partial charge in [-0.2, -0.15) is 0 Å². The summed E-state index contributed by atoms with van der Waals surface area (Å²) in [5, 5.41) is 10.2. The van der Waals surface area contributed by atoms with Crippen LogP contribution in [-0.4, -0.2) is 33.4 Å². The van der Waals surface area contributed by atoms with E-state index in [1.807, 2.05) is 44.2 Å². The summed E-state index contributed by atoms with van der Waals surface area (Å²) in [6.07, 6.45) is -0.843. The summed E-state index contributed by atoms with van der Waals surface area (Å²) in [4.78, 5) is 26.0. The van der Waals surface area contributed by atoms with Gasteiger partial charge in [0.25, 0.3) is 0 Å². The number of ether oxygens (including phenoxy) is 3. The number of esters is 1. The van der Waals surface area contributed by atoms with Gasteiger partial charge in [0, 0.05) is 11.6 Å². The van der Waals surface area contributed by atoms with E-state index in [9.17, 15) is 14.7 Å². The summed E-state index contributed by atoms with van der Waals surface area (Å²) in [6, 6.07) is 17.0. The molecular weight excluding hydrogens is 422 g/mol. The fraction of sp³-hybridized carbons (Fsp3) is 0.308. The Bertz CT molecular complexity index is 1130. The van der Waals surface area contributed by atoms with Gasteiger partial charge in [-0.15, -0.1) is 0 Å². The van der Waals surface area contributed by atoms with Crippen LogP contribution in [0.2, 0.25) is 0 Å². The van der Waals surface area contributed by atoms with Crippen LogP contribution in [0.1, 0.15) is 50.7 Å². The zero-order valence-electron chi connectivity index (χ0n) is 19.5. The number of carbonyl (C=O) groups excluding carboxylic acids is 2. The second kappa shape index (κ2) is 9.81. The van der Waals surface area contributed by atoms with Crippen LogP contribution in [0.5, 0.6) is 11.5 Å². The Morgan fingerprint density at radius 3 is 2.33 bits per heavy atom. The molecule has 7 nitrogen and oxygen atoms in total. The van der Waals surface area contributed by atoms with Gasteiger partial charge in [-0.05, 0) is 64.4 Å². The monoisotopic (exact) mass is 451 g/mol. The molecule has 0 aliphatic carbocycles. The summed E-state index contributed by atoms with van der Waals surface area (Å²) >= 11 is 0. The highest BCUT2D eigenvalue weighted by molar-refractivity contribution is 5.95. The van der Waals surface area contributed by atoms with Gasteiger partial charge in [-0.1, -0.05) is 30.3 Å². The molecule has 0 fully saturated rings. The predicted octanol–water partition coefficient (Wildman–Crippen LogP) is 5.79. The quantitative estimate of drug-likeness (QED) is 0.478. The third-order valence-electron chi connectivity index (χ3n) is 4.44. The standard InChI is InChI=1S/C26H29NO6/c1-17(2)32-21-14-19(13-20(28)15-21)22-11-12-23(27(22)25(30)33-26(3,4)5)24(29)31-16-18-9-7-6-8-10-18/h6-15,17,28H,16H2,1-5H3. The molecule has 7 heteroatoms. The minimum atomic E-state index is -0.783. The van der Waals surface area contributed by atoms with Crippen molar-refractivity contribution in [2.45, 2.75) is 52.9 Å². The first-order valence-corrected chi connectivity index (χ1v) is 10.7. The van der Waals surface area contributed by atoms with Gasteiger partial charge in [-0.25, -0.2) is 14.2 Å². The maximum absolute atomic E-state index is 13.1. The lowest BCUT2D eigenvalue weighted by molar-refractivity contribution is 0.0416. The first kappa shape index (κ1) is 23.9. The highest BCUT2D eigenvalue weighted by atomic mass is 16.6. The molecule has 0 aliphatic rings. The first-order valence-electron chi connectivity index (χ1n) is 10.7. The highest BCUT2D eigenvalue weighted by Crippen LogP contribution is 2.32. The second-order valence-electron chi connectivity index (χ2n) is 8.86. The van der Waals surface area contributed by atoms with Crippen molar-refractivity contribution in [1.82, 2.24) is 4.57 Å². The average Bonchev–Trinajstić information content (AvgIpc) is 3.16. The van der Waals surface area contributed by atoms with Gasteiger partial charge < -0.3 is 19.3 Å². The van der Waals surface area contributed by atoms with Crippen LogP contribution < -0.4 is 4.74 Å². The number of aromatic nitrogens is 1. The maximum atomic E-state index is 13.1. The summed E-state index contributed by atoms with van der Waals surface area (Å²) in [6.45, 7) is 9.02. The van der Waals surface area contributed by atoms with Gasteiger partial charge in [0.05, 0.1) is 11.8 Å². The number of hydrogen-bond donors (Lipinski definition) is 1. The topological polar surface area (TPSA) is 87.0 Å². The molecule has 1 N–H and O–H groups in total. The van der Waals surface area contributed by atoms with E-state index in [4.69, 9.17) is 14.2 Å². The van der Waals surface area contributed by atoms with E-state index in [0.717, 1.165) is 10.1 Å². The molecule has 1 heterocycles. The van der Waals surface area contributed by atoms with Gasteiger partial charge in [0.15, 0.2) is 0 Å². The van der Waals surface area contributed by atoms with Gasteiger partial charge in [-0.3, -0.25) is 0 Å². The molecule has 0 atom stereocenters. The Morgan fingerprint density at radius 2 is 1.70 bits per heavy atom. The fourth-order valence-corrected chi connectivity index (χ4v) is 3.19. The lowest BCUT2D eigenvalue weighted by Crippen LogP contribution is -2.29. The van der Waals surface area contributed by atoms with E-state index in [1.165, 1.54) is 18.2 Å². The number of phenols is 1. The third-order valence-corrected chi connectivity index (χ3v) is 4.44. The molecule has 2 aromatic carbocycles. The number of hydrogen-bond acceptors (Lipinski definition) is 6. The molecule has 0 radical (unpaired) electrons. The summed E-state index contributed by atoms with van der Waals surface area (Å²) < 4.78 is 17.9. The van der Waals surface area contributed by atoms with Crippen molar-refractivity contribution in [3.8, 4) is 22.8 Å². The average molecular weight is 452 g/mol. The van der Waals surface area contributed by atoms with E-state index in [-0.39, 0.29) is 24.2 Å². The number of benzene rings is 2. The molecule has 0 spiro atoms. The molecule has 1 aromatic heterocycles. The Hall–Kier alpha value is -3.74. The second-order valence-corrected chi connectivity index (χ2v) is 8.86. The van der Waals surface area contributed by atoms with Crippen LogP contribution in [0.15, 0.2) is 60.7 Å². The summed E-state index contributed by atoms with van der Waals surface area (Å²) in [7, 11) is 0. The molecule has 0 aliphatic heterocycles. The lowest BCUT2D eigenvalue weighted by Gasteiger charge is -2.21. The lowest BCUT2D eigenvalue weighted by atomic mass is 10.1. The van der Waals surface area contributed by atoms with Crippen molar-refractivity contribution in [3.05, 3.63) is 71.9 Å². The molecule has 3 rings (SSSR count). The number of nitrogens with zero attached hydrogens (tertiary/aromatic N) is 1. The summed E-state index contributed by atoms with van der Waals surface area (Å²) in [5.41, 5.74) is 0.906. The normalized spacial score (nSPS) is 11.3. The van der Waals surface area contributed by atoms with Crippen LogP contribution in [0, 0.1) is 0 Å². The van der Waals surface area contributed by atoms with Crippen LogP contribution in [0.4, 0.5) is 4.79 Å². The van der Waals surface area contributed by atoms with Gasteiger partial charge >= 0.3 is 12.1 Å². The van der Waals surface area contributed by atoms with E-state index in [1.54, 1.807) is 32.9 Å². The number of phenolic OH excluding ortho intramolecular Hbond substituents is 1. The van der Waals surface area contributed by atoms with E-state index in [2.05, 4.69) is 0 Å². The van der Waals surface area contributed by atoms with Gasteiger partial charge in [0.1, 0.15) is 29.4 Å². The minimum Gasteiger partial charge on any atom is -0.508 e. The highest BCUT2D eigenvalue weighted by Gasteiger charge is 2.27. The van der Waals surface area contributed by atoms with E-state index < -0.39 is 17.7 Å². The van der Waals surface area contributed by atoms with Crippen molar-refractivity contribution in [2.75, 3.05) is 0 Å². The van der Waals surface area contributed by atoms with Crippen molar-refractivity contribution in [3.63, 3.8) is 0 Å². The molecule has 0 saturated heterocycles. The fourth-order valence-electron chi connectivity index (χ4n) is 3.19. The molecule has 174 valence electrons. The Labute approximate surface area is 193 Å². The SMILES string of the molecule is CC(C)Oc1cc(O)cc(-c2ccc(C(=O)OCc3ccccc3)n2C(=O)OC(C)(C)C)c1. The zero-order chi connectivity index (χ0) is 24.2. The molecule has 0 bridgehead atoms. The van der Waals surface area contributed by atoms with Crippen molar-refractivity contribution >= 4 is 12.1 Å². The Morgan fingerprint density at radius 1 is 1.00 bits per heavy atom. The van der Waals surface area contributed by atoms with Crippen molar-refractivity contribution in [1.29, 1.82) is 0 Å².